The number of H-pyrrole nitrogens is 1. The molecule has 3 aromatic rings. The zero-order valence-electron chi connectivity index (χ0n) is 10.9. The van der Waals surface area contributed by atoms with Crippen molar-refractivity contribution in [2.45, 2.75) is 13.5 Å². The van der Waals surface area contributed by atoms with Crippen LogP contribution in [-0.2, 0) is 6.54 Å². The smallest absolute Gasteiger partial charge is 0.278 e. The second kappa shape index (κ2) is 4.69. The lowest BCUT2D eigenvalue weighted by molar-refractivity contribution is 0.102. The van der Waals surface area contributed by atoms with Crippen molar-refractivity contribution in [2.24, 2.45) is 0 Å². The van der Waals surface area contributed by atoms with Crippen LogP contribution in [0.2, 0.25) is 0 Å². The summed E-state index contributed by atoms with van der Waals surface area (Å²) in [6, 6.07) is 5.53. The number of carbonyl (C=O) groups is 1. The van der Waals surface area contributed by atoms with E-state index >= 15 is 0 Å². The average Bonchev–Trinajstić information content (AvgIpc) is 3.05. The molecule has 102 valence electrons. The third-order valence-corrected chi connectivity index (χ3v) is 3.06. The molecule has 1 aromatic carbocycles. The third kappa shape index (κ3) is 1.99. The number of aromatic amines is 1. The van der Waals surface area contributed by atoms with Crippen molar-refractivity contribution < 1.29 is 4.79 Å². The largest absolute Gasteiger partial charge is 0.396 e. The first-order valence-corrected chi connectivity index (χ1v) is 6.25. The molecule has 4 N–H and O–H groups in total. The summed E-state index contributed by atoms with van der Waals surface area (Å²) in [5, 5.41) is 14.6. The summed E-state index contributed by atoms with van der Waals surface area (Å²) in [6.45, 7) is 2.59. The number of aryl methyl sites for hydroxylation is 1. The zero-order chi connectivity index (χ0) is 14.1. The van der Waals surface area contributed by atoms with Gasteiger partial charge in [-0.2, -0.15) is 10.2 Å². The summed E-state index contributed by atoms with van der Waals surface area (Å²) >= 11 is 0. The molecule has 20 heavy (non-hydrogen) atoms. The Hall–Kier alpha value is -2.83. The van der Waals surface area contributed by atoms with E-state index in [4.69, 9.17) is 5.73 Å². The lowest BCUT2D eigenvalue weighted by atomic mass is 10.2. The molecule has 0 fully saturated rings. The maximum absolute atomic E-state index is 12.2. The molecular formula is C13H14N6O. The fourth-order valence-electron chi connectivity index (χ4n) is 2.03. The number of nitrogens with one attached hydrogen (secondary N) is 2. The summed E-state index contributed by atoms with van der Waals surface area (Å²) < 4.78 is 1.63. The number of aromatic nitrogens is 4. The molecule has 2 heterocycles. The second-order valence-electron chi connectivity index (χ2n) is 4.38. The summed E-state index contributed by atoms with van der Waals surface area (Å²) in [4.78, 5) is 12.2. The Labute approximate surface area is 114 Å². The van der Waals surface area contributed by atoms with Gasteiger partial charge in [0.05, 0.1) is 23.1 Å². The lowest BCUT2D eigenvalue weighted by Crippen LogP contribution is -2.14. The number of amides is 1. The lowest BCUT2D eigenvalue weighted by Gasteiger charge is -2.04. The molecule has 0 saturated heterocycles. The van der Waals surface area contributed by atoms with Gasteiger partial charge in [-0.25, -0.2) is 0 Å². The Kier molecular flexibility index (Phi) is 2.86. The van der Waals surface area contributed by atoms with Crippen LogP contribution >= 0.6 is 0 Å². The highest BCUT2D eigenvalue weighted by atomic mass is 16.2. The van der Waals surface area contributed by atoms with Gasteiger partial charge in [-0.3, -0.25) is 14.6 Å². The maximum Gasteiger partial charge on any atom is 0.278 e. The first kappa shape index (κ1) is 12.2. The number of nitrogens with two attached hydrogens (primary N) is 1. The highest BCUT2D eigenvalue weighted by molar-refractivity contribution is 6.09. The second-order valence-corrected chi connectivity index (χ2v) is 4.38. The summed E-state index contributed by atoms with van der Waals surface area (Å²) in [5.41, 5.74) is 7.92. The van der Waals surface area contributed by atoms with E-state index in [0.29, 0.717) is 17.9 Å². The molecule has 0 aliphatic heterocycles. The quantitative estimate of drug-likeness (QED) is 0.673. The van der Waals surface area contributed by atoms with Gasteiger partial charge < -0.3 is 11.1 Å². The SMILES string of the molecule is CCn1cc(N)c(C(=O)Nc2cccc3[nH]ncc23)n1. The monoisotopic (exact) mass is 270 g/mol. The highest BCUT2D eigenvalue weighted by Gasteiger charge is 2.15. The molecule has 0 aliphatic rings. The van der Waals surface area contributed by atoms with Crippen molar-refractivity contribution in [1.82, 2.24) is 20.0 Å². The molecule has 7 heteroatoms. The van der Waals surface area contributed by atoms with Gasteiger partial charge in [0.1, 0.15) is 0 Å². The minimum Gasteiger partial charge on any atom is -0.396 e. The van der Waals surface area contributed by atoms with E-state index in [9.17, 15) is 4.79 Å². The molecule has 0 saturated carbocycles. The van der Waals surface area contributed by atoms with Crippen molar-refractivity contribution in [3.05, 3.63) is 36.3 Å². The van der Waals surface area contributed by atoms with Crippen LogP contribution in [0, 0.1) is 0 Å². The van der Waals surface area contributed by atoms with Gasteiger partial charge in [0.2, 0.25) is 0 Å². The highest BCUT2D eigenvalue weighted by Crippen LogP contribution is 2.22. The molecule has 0 radical (unpaired) electrons. The number of fused-ring (bicyclic) bond motifs is 1. The summed E-state index contributed by atoms with van der Waals surface area (Å²) in [5.74, 6) is -0.330. The third-order valence-electron chi connectivity index (χ3n) is 3.06. The Bertz CT molecular complexity index is 772. The predicted octanol–water partition coefficient (Wildman–Crippen LogP) is 1.61. The van der Waals surface area contributed by atoms with E-state index < -0.39 is 0 Å². The summed E-state index contributed by atoms with van der Waals surface area (Å²) in [6.07, 6.45) is 3.31. The molecule has 0 bridgehead atoms. The fourth-order valence-corrected chi connectivity index (χ4v) is 2.03. The minimum absolute atomic E-state index is 0.229. The molecule has 0 atom stereocenters. The van der Waals surface area contributed by atoms with Gasteiger partial charge in [0.15, 0.2) is 5.69 Å². The molecular weight excluding hydrogens is 256 g/mol. The van der Waals surface area contributed by atoms with Gasteiger partial charge in [-0.15, -0.1) is 0 Å². The number of nitrogen functional groups attached to an aromatic ring is 1. The van der Waals surface area contributed by atoms with E-state index in [1.54, 1.807) is 17.1 Å². The van der Waals surface area contributed by atoms with Gasteiger partial charge >= 0.3 is 0 Å². The van der Waals surface area contributed by atoms with E-state index in [1.807, 2.05) is 25.1 Å². The standard InChI is InChI=1S/C13H14N6O/c1-2-19-7-9(14)12(18-19)13(20)16-10-4-3-5-11-8(10)6-15-17-11/h3-7H,2,14H2,1H3,(H,15,17)(H,16,20). The van der Waals surface area contributed by atoms with Crippen molar-refractivity contribution in [1.29, 1.82) is 0 Å². The van der Waals surface area contributed by atoms with Crippen LogP contribution < -0.4 is 11.1 Å². The van der Waals surface area contributed by atoms with E-state index in [-0.39, 0.29) is 11.6 Å². The zero-order valence-corrected chi connectivity index (χ0v) is 10.9. The number of anilines is 2. The van der Waals surface area contributed by atoms with Crippen LogP contribution in [0.15, 0.2) is 30.6 Å². The Morgan fingerprint density at radius 2 is 2.35 bits per heavy atom. The van der Waals surface area contributed by atoms with Crippen LogP contribution in [0.25, 0.3) is 10.9 Å². The van der Waals surface area contributed by atoms with Crippen molar-refractivity contribution in [3.8, 4) is 0 Å². The maximum atomic E-state index is 12.2. The normalized spacial score (nSPS) is 10.8. The first-order valence-electron chi connectivity index (χ1n) is 6.25. The number of nitrogens with zero attached hydrogens (tertiary/aromatic N) is 3. The van der Waals surface area contributed by atoms with Crippen molar-refractivity contribution >= 4 is 28.2 Å². The molecule has 3 rings (SSSR count). The Balaban J connectivity index is 1.92. The molecule has 7 nitrogen and oxygen atoms in total. The van der Waals surface area contributed by atoms with Crippen LogP contribution in [0.1, 0.15) is 17.4 Å². The number of hydrogen-bond donors (Lipinski definition) is 3. The fraction of sp³-hybridized carbons (Fsp3) is 0.154. The van der Waals surface area contributed by atoms with E-state index in [0.717, 1.165) is 10.9 Å². The molecule has 0 spiro atoms. The van der Waals surface area contributed by atoms with Crippen LogP contribution in [-0.4, -0.2) is 25.9 Å². The van der Waals surface area contributed by atoms with Gasteiger partial charge in [0.25, 0.3) is 5.91 Å². The van der Waals surface area contributed by atoms with Crippen molar-refractivity contribution in [3.63, 3.8) is 0 Å². The molecule has 1 amide bonds. The van der Waals surface area contributed by atoms with E-state index in [2.05, 4.69) is 20.6 Å². The van der Waals surface area contributed by atoms with Crippen LogP contribution in [0.4, 0.5) is 11.4 Å². The van der Waals surface area contributed by atoms with Gasteiger partial charge in [-0.05, 0) is 19.1 Å². The van der Waals surface area contributed by atoms with Crippen LogP contribution in [0.5, 0.6) is 0 Å². The summed E-state index contributed by atoms with van der Waals surface area (Å²) in [7, 11) is 0. The number of rotatable bonds is 3. The Morgan fingerprint density at radius 1 is 1.50 bits per heavy atom. The number of carbonyl (C=O) groups excluding carboxylic acids is 1. The predicted molar refractivity (Wildman–Crippen MR) is 76.4 cm³/mol. The molecule has 2 aromatic heterocycles. The molecule has 0 aliphatic carbocycles. The molecule has 0 unspecified atom stereocenters. The van der Waals surface area contributed by atoms with Crippen molar-refractivity contribution in [2.75, 3.05) is 11.1 Å². The Morgan fingerprint density at radius 3 is 3.10 bits per heavy atom. The minimum atomic E-state index is -0.330. The number of hydrogen-bond acceptors (Lipinski definition) is 4. The van der Waals surface area contributed by atoms with Crippen LogP contribution in [0.3, 0.4) is 0 Å². The topological polar surface area (TPSA) is 102 Å². The van der Waals surface area contributed by atoms with E-state index in [1.165, 1.54) is 0 Å². The van der Waals surface area contributed by atoms with Gasteiger partial charge in [-0.1, -0.05) is 6.07 Å². The first-order chi connectivity index (χ1) is 9.69. The number of benzene rings is 1. The average molecular weight is 270 g/mol. The van der Waals surface area contributed by atoms with Gasteiger partial charge in [0, 0.05) is 18.1 Å².